The van der Waals surface area contributed by atoms with E-state index in [1.807, 2.05) is 26.8 Å². The predicted molar refractivity (Wildman–Crippen MR) is 96.6 cm³/mol. The Kier molecular flexibility index (Phi) is 4.34. The van der Waals surface area contributed by atoms with Crippen molar-refractivity contribution in [1.29, 1.82) is 0 Å². The number of carbonyl (C=O) groups is 1. The van der Waals surface area contributed by atoms with Crippen LogP contribution in [0.1, 0.15) is 27.2 Å². The second-order valence-electron chi connectivity index (χ2n) is 6.97. The minimum atomic E-state index is -0.388. The SMILES string of the molecule is CC(C)(C)CC(=O)Nn1cnc2c(cnn2-c2cccc(Cl)c2)c1=O. The van der Waals surface area contributed by atoms with Crippen LogP contribution in [-0.4, -0.2) is 25.3 Å². The van der Waals surface area contributed by atoms with E-state index in [0.717, 1.165) is 4.68 Å². The Morgan fingerprint density at radius 3 is 2.76 bits per heavy atom. The minimum Gasteiger partial charge on any atom is -0.273 e. The zero-order chi connectivity index (χ0) is 18.2. The van der Waals surface area contributed by atoms with Gasteiger partial charge in [0.15, 0.2) is 5.65 Å². The lowest BCUT2D eigenvalue weighted by molar-refractivity contribution is -0.118. The summed E-state index contributed by atoms with van der Waals surface area (Å²) in [5.74, 6) is -0.252. The molecule has 0 atom stereocenters. The Hall–Kier alpha value is -2.67. The highest BCUT2D eigenvalue weighted by Gasteiger charge is 2.17. The lowest BCUT2D eigenvalue weighted by Crippen LogP contribution is -2.34. The number of carbonyl (C=O) groups excluding carboxylic acids is 1. The average molecular weight is 360 g/mol. The first-order valence-corrected chi connectivity index (χ1v) is 8.13. The molecule has 0 saturated heterocycles. The van der Waals surface area contributed by atoms with Gasteiger partial charge in [-0.25, -0.2) is 14.3 Å². The molecule has 0 aliphatic rings. The molecule has 0 fully saturated rings. The summed E-state index contributed by atoms with van der Waals surface area (Å²) in [4.78, 5) is 28.9. The molecule has 3 rings (SSSR count). The molecule has 7 nitrogen and oxygen atoms in total. The topological polar surface area (TPSA) is 81.8 Å². The molecule has 130 valence electrons. The fourth-order valence-corrected chi connectivity index (χ4v) is 2.63. The number of amides is 1. The van der Waals surface area contributed by atoms with Gasteiger partial charge in [0, 0.05) is 11.4 Å². The Morgan fingerprint density at radius 2 is 2.08 bits per heavy atom. The molecule has 1 N–H and O–H groups in total. The number of aromatic nitrogens is 4. The molecule has 0 radical (unpaired) electrons. The first kappa shape index (κ1) is 17.2. The van der Waals surface area contributed by atoms with Crippen molar-refractivity contribution in [2.75, 3.05) is 5.43 Å². The molecule has 3 aromatic rings. The number of nitrogens with one attached hydrogen (secondary N) is 1. The van der Waals surface area contributed by atoms with Gasteiger partial charge in [-0.3, -0.25) is 15.0 Å². The second kappa shape index (κ2) is 6.33. The van der Waals surface area contributed by atoms with Crippen molar-refractivity contribution < 1.29 is 4.79 Å². The van der Waals surface area contributed by atoms with Crippen LogP contribution in [-0.2, 0) is 4.79 Å². The maximum atomic E-state index is 12.6. The fraction of sp³-hybridized carbons (Fsp3) is 0.294. The van der Waals surface area contributed by atoms with Gasteiger partial charge in [0.05, 0.1) is 11.9 Å². The zero-order valence-electron chi connectivity index (χ0n) is 14.2. The molecule has 0 saturated carbocycles. The summed E-state index contributed by atoms with van der Waals surface area (Å²) in [6.07, 6.45) is 3.01. The van der Waals surface area contributed by atoms with Crippen LogP contribution in [0.5, 0.6) is 0 Å². The average Bonchev–Trinajstić information content (AvgIpc) is 2.93. The molecule has 1 aromatic carbocycles. The lowest BCUT2D eigenvalue weighted by atomic mass is 9.92. The van der Waals surface area contributed by atoms with E-state index in [4.69, 9.17) is 11.6 Å². The number of halogens is 1. The number of benzene rings is 1. The van der Waals surface area contributed by atoms with E-state index >= 15 is 0 Å². The van der Waals surface area contributed by atoms with Crippen LogP contribution in [0.15, 0.2) is 41.6 Å². The summed E-state index contributed by atoms with van der Waals surface area (Å²) < 4.78 is 2.62. The Labute approximate surface area is 149 Å². The molecule has 0 aliphatic heterocycles. The standard InChI is InChI=1S/C17H18ClN5O2/c1-17(2,3)8-14(24)21-22-10-19-15-13(16(22)25)9-20-23(15)12-6-4-5-11(18)7-12/h4-7,9-10H,8H2,1-3H3,(H,21,24). The predicted octanol–water partition coefficient (Wildman–Crippen LogP) is 2.74. The molecule has 2 aromatic heterocycles. The third-order valence-electron chi connectivity index (χ3n) is 3.48. The summed E-state index contributed by atoms with van der Waals surface area (Å²) in [6.45, 7) is 5.85. The van der Waals surface area contributed by atoms with Crippen molar-refractivity contribution >= 4 is 28.5 Å². The quantitative estimate of drug-likeness (QED) is 0.779. The van der Waals surface area contributed by atoms with E-state index in [2.05, 4.69) is 15.5 Å². The fourth-order valence-electron chi connectivity index (χ4n) is 2.44. The molecule has 25 heavy (non-hydrogen) atoms. The van der Waals surface area contributed by atoms with Gasteiger partial charge in [-0.2, -0.15) is 5.10 Å². The maximum Gasteiger partial charge on any atom is 0.283 e. The van der Waals surface area contributed by atoms with Crippen molar-refractivity contribution in [3.8, 4) is 5.69 Å². The Balaban J connectivity index is 1.97. The monoisotopic (exact) mass is 359 g/mol. The Bertz CT molecular complexity index is 1000. The minimum absolute atomic E-state index is 0.178. The van der Waals surface area contributed by atoms with E-state index in [-0.39, 0.29) is 16.9 Å². The molecule has 8 heteroatoms. The van der Waals surface area contributed by atoms with Gasteiger partial charge in [0.1, 0.15) is 11.7 Å². The summed E-state index contributed by atoms with van der Waals surface area (Å²) in [7, 11) is 0. The van der Waals surface area contributed by atoms with Crippen molar-refractivity contribution in [1.82, 2.24) is 19.4 Å². The van der Waals surface area contributed by atoms with Gasteiger partial charge in [0.25, 0.3) is 5.56 Å². The van der Waals surface area contributed by atoms with Crippen LogP contribution in [0.3, 0.4) is 0 Å². The second-order valence-corrected chi connectivity index (χ2v) is 7.40. The van der Waals surface area contributed by atoms with Crippen molar-refractivity contribution in [3.05, 3.63) is 52.2 Å². The molecule has 0 aliphatic carbocycles. The van der Waals surface area contributed by atoms with Crippen molar-refractivity contribution in [2.45, 2.75) is 27.2 Å². The molecule has 0 bridgehead atoms. The van der Waals surface area contributed by atoms with Gasteiger partial charge in [-0.1, -0.05) is 38.4 Å². The van der Waals surface area contributed by atoms with Crippen LogP contribution in [0.25, 0.3) is 16.7 Å². The summed E-state index contributed by atoms with van der Waals surface area (Å²) in [5.41, 5.74) is 3.09. The van der Waals surface area contributed by atoms with Crippen LogP contribution >= 0.6 is 11.6 Å². The first-order chi connectivity index (χ1) is 11.7. The molecule has 2 heterocycles. The van der Waals surface area contributed by atoms with Gasteiger partial charge in [-0.05, 0) is 23.6 Å². The zero-order valence-corrected chi connectivity index (χ0v) is 14.9. The van der Waals surface area contributed by atoms with Gasteiger partial charge >= 0.3 is 0 Å². The van der Waals surface area contributed by atoms with Crippen LogP contribution in [0.2, 0.25) is 5.02 Å². The Morgan fingerprint density at radius 1 is 1.32 bits per heavy atom. The van der Waals surface area contributed by atoms with E-state index in [9.17, 15) is 9.59 Å². The van der Waals surface area contributed by atoms with Gasteiger partial charge < -0.3 is 0 Å². The molecular formula is C17H18ClN5O2. The van der Waals surface area contributed by atoms with Crippen LogP contribution < -0.4 is 11.0 Å². The van der Waals surface area contributed by atoms with E-state index in [1.165, 1.54) is 17.2 Å². The third-order valence-corrected chi connectivity index (χ3v) is 3.71. The summed E-state index contributed by atoms with van der Waals surface area (Å²) in [5, 5.41) is 5.08. The summed E-state index contributed by atoms with van der Waals surface area (Å²) >= 11 is 6.00. The van der Waals surface area contributed by atoms with E-state index in [0.29, 0.717) is 28.2 Å². The molecule has 0 unspecified atom stereocenters. The highest BCUT2D eigenvalue weighted by molar-refractivity contribution is 6.30. The number of nitrogens with zero attached hydrogens (tertiary/aromatic N) is 4. The highest BCUT2D eigenvalue weighted by atomic mass is 35.5. The molecule has 0 spiro atoms. The van der Waals surface area contributed by atoms with Crippen molar-refractivity contribution in [2.24, 2.45) is 5.41 Å². The van der Waals surface area contributed by atoms with E-state index in [1.54, 1.807) is 18.2 Å². The lowest BCUT2D eigenvalue weighted by Gasteiger charge is -2.17. The third kappa shape index (κ3) is 3.71. The number of hydrogen-bond donors (Lipinski definition) is 1. The van der Waals surface area contributed by atoms with Gasteiger partial charge in [-0.15, -0.1) is 0 Å². The van der Waals surface area contributed by atoms with Crippen molar-refractivity contribution in [3.63, 3.8) is 0 Å². The number of hydrogen-bond acceptors (Lipinski definition) is 4. The molecule has 1 amide bonds. The van der Waals surface area contributed by atoms with Crippen LogP contribution in [0.4, 0.5) is 0 Å². The van der Waals surface area contributed by atoms with Gasteiger partial charge in [0.2, 0.25) is 5.91 Å². The number of rotatable bonds is 3. The smallest absolute Gasteiger partial charge is 0.273 e. The summed E-state index contributed by atoms with van der Waals surface area (Å²) in [6, 6.07) is 7.09. The normalized spacial score (nSPS) is 11.7. The van der Waals surface area contributed by atoms with E-state index < -0.39 is 0 Å². The first-order valence-electron chi connectivity index (χ1n) is 7.76. The maximum absolute atomic E-state index is 12.6. The molecular weight excluding hydrogens is 342 g/mol. The number of fused-ring (bicyclic) bond motifs is 1. The largest absolute Gasteiger partial charge is 0.283 e. The van der Waals surface area contributed by atoms with Crippen LogP contribution in [0, 0.1) is 5.41 Å². The highest BCUT2D eigenvalue weighted by Crippen LogP contribution is 2.19.